The van der Waals surface area contributed by atoms with Crippen LogP contribution in [0.2, 0.25) is 0 Å². The Labute approximate surface area is 191 Å². The standard InChI is InChI=1S/C27H33N3O2/c1-2-9-24-20-26(32-21-22-10-5-3-6-11-22)15-14-23(24)16-17-28-18-19-29-27(31)30-25-12-7-4-8-13-25/h3-8,10-15,20,28H,2,9,16-19,21H2,1H3,(H2,29,30,31). The van der Waals surface area contributed by atoms with Gasteiger partial charge in [0.15, 0.2) is 0 Å². The van der Waals surface area contributed by atoms with Gasteiger partial charge < -0.3 is 20.7 Å². The summed E-state index contributed by atoms with van der Waals surface area (Å²) in [6.07, 6.45) is 3.09. The molecule has 0 aliphatic carbocycles. The first-order chi connectivity index (χ1) is 15.7. The van der Waals surface area contributed by atoms with Gasteiger partial charge in [-0.1, -0.05) is 67.9 Å². The molecule has 0 saturated carbocycles. The van der Waals surface area contributed by atoms with Gasteiger partial charge in [-0.2, -0.15) is 0 Å². The summed E-state index contributed by atoms with van der Waals surface area (Å²) in [4.78, 5) is 11.9. The van der Waals surface area contributed by atoms with Crippen LogP contribution in [0.25, 0.3) is 0 Å². The van der Waals surface area contributed by atoms with Crippen molar-refractivity contribution in [3.05, 3.63) is 95.6 Å². The number of para-hydroxylation sites is 1. The first-order valence-corrected chi connectivity index (χ1v) is 11.3. The second-order valence-corrected chi connectivity index (χ2v) is 7.70. The van der Waals surface area contributed by atoms with Crippen LogP contribution in [-0.2, 0) is 19.4 Å². The summed E-state index contributed by atoms with van der Waals surface area (Å²) in [6, 6.07) is 25.9. The molecule has 0 aromatic heterocycles. The summed E-state index contributed by atoms with van der Waals surface area (Å²) in [5.74, 6) is 0.919. The molecule has 3 aromatic rings. The molecular formula is C27H33N3O2. The number of urea groups is 1. The van der Waals surface area contributed by atoms with Crippen LogP contribution in [0.3, 0.4) is 0 Å². The van der Waals surface area contributed by atoms with Gasteiger partial charge in [0.05, 0.1) is 0 Å². The minimum absolute atomic E-state index is 0.186. The Morgan fingerprint density at radius 2 is 1.56 bits per heavy atom. The van der Waals surface area contributed by atoms with E-state index < -0.39 is 0 Å². The SMILES string of the molecule is CCCc1cc(OCc2ccccc2)ccc1CCNCCNC(=O)Nc1ccccc1. The monoisotopic (exact) mass is 431 g/mol. The lowest BCUT2D eigenvalue weighted by Crippen LogP contribution is -2.35. The number of nitrogens with one attached hydrogen (secondary N) is 3. The number of anilines is 1. The number of benzene rings is 3. The maximum absolute atomic E-state index is 11.9. The second-order valence-electron chi connectivity index (χ2n) is 7.70. The van der Waals surface area contributed by atoms with Crippen molar-refractivity contribution in [3.8, 4) is 5.75 Å². The lowest BCUT2D eigenvalue weighted by molar-refractivity contribution is 0.252. The smallest absolute Gasteiger partial charge is 0.319 e. The Bertz CT molecular complexity index is 946. The third kappa shape index (κ3) is 8.08. The Balaban J connectivity index is 1.38. The van der Waals surface area contributed by atoms with Crippen LogP contribution in [-0.4, -0.2) is 25.7 Å². The fraction of sp³-hybridized carbons (Fsp3) is 0.296. The van der Waals surface area contributed by atoms with Gasteiger partial charge in [0.2, 0.25) is 0 Å². The fourth-order valence-electron chi connectivity index (χ4n) is 3.49. The van der Waals surface area contributed by atoms with E-state index in [1.54, 1.807) is 0 Å². The molecule has 168 valence electrons. The summed E-state index contributed by atoms with van der Waals surface area (Å²) < 4.78 is 5.99. The maximum atomic E-state index is 11.9. The molecular weight excluding hydrogens is 398 g/mol. The number of carbonyl (C=O) groups excluding carboxylic acids is 1. The van der Waals surface area contributed by atoms with E-state index in [4.69, 9.17) is 4.74 Å². The molecule has 0 radical (unpaired) electrons. The number of amides is 2. The minimum Gasteiger partial charge on any atom is -0.489 e. The molecule has 32 heavy (non-hydrogen) atoms. The highest BCUT2D eigenvalue weighted by Gasteiger charge is 2.06. The van der Waals surface area contributed by atoms with Gasteiger partial charge in [0.1, 0.15) is 12.4 Å². The Kier molecular flexibility index (Phi) is 9.62. The molecule has 0 atom stereocenters. The zero-order valence-electron chi connectivity index (χ0n) is 18.8. The van der Waals surface area contributed by atoms with E-state index >= 15 is 0 Å². The van der Waals surface area contributed by atoms with Crippen LogP contribution >= 0.6 is 0 Å². The Hall–Kier alpha value is -3.31. The topological polar surface area (TPSA) is 62.4 Å². The van der Waals surface area contributed by atoms with Crippen molar-refractivity contribution >= 4 is 11.7 Å². The van der Waals surface area contributed by atoms with Crippen LogP contribution < -0.4 is 20.7 Å². The number of rotatable bonds is 12. The lowest BCUT2D eigenvalue weighted by atomic mass is 10.0. The molecule has 0 heterocycles. The first-order valence-electron chi connectivity index (χ1n) is 11.3. The highest BCUT2D eigenvalue weighted by Crippen LogP contribution is 2.21. The van der Waals surface area contributed by atoms with Crippen LogP contribution in [0.1, 0.15) is 30.0 Å². The predicted molar refractivity (Wildman–Crippen MR) is 131 cm³/mol. The van der Waals surface area contributed by atoms with E-state index in [9.17, 15) is 4.79 Å². The van der Waals surface area contributed by atoms with Crippen molar-refractivity contribution in [2.45, 2.75) is 32.8 Å². The van der Waals surface area contributed by atoms with Crippen LogP contribution in [0.15, 0.2) is 78.9 Å². The summed E-state index contributed by atoms with van der Waals surface area (Å²) in [6.45, 7) is 4.95. The third-order valence-corrected chi connectivity index (χ3v) is 5.14. The molecule has 5 heteroatoms. The van der Waals surface area contributed by atoms with E-state index in [0.29, 0.717) is 13.2 Å². The average Bonchev–Trinajstić information content (AvgIpc) is 2.82. The molecule has 0 unspecified atom stereocenters. The van der Waals surface area contributed by atoms with Gasteiger partial charge in [-0.15, -0.1) is 0 Å². The molecule has 0 spiro atoms. The number of aryl methyl sites for hydroxylation is 1. The average molecular weight is 432 g/mol. The second kappa shape index (κ2) is 13.2. The highest BCUT2D eigenvalue weighted by atomic mass is 16.5. The minimum atomic E-state index is -0.186. The van der Waals surface area contributed by atoms with E-state index in [2.05, 4.69) is 53.2 Å². The van der Waals surface area contributed by atoms with E-state index in [1.165, 1.54) is 16.7 Å². The highest BCUT2D eigenvalue weighted by molar-refractivity contribution is 5.89. The van der Waals surface area contributed by atoms with Gasteiger partial charge in [0, 0.05) is 18.8 Å². The van der Waals surface area contributed by atoms with Crippen molar-refractivity contribution in [2.75, 3.05) is 25.0 Å². The molecule has 3 aromatic carbocycles. The molecule has 2 amide bonds. The largest absolute Gasteiger partial charge is 0.489 e. The van der Waals surface area contributed by atoms with Crippen molar-refractivity contribution < 1.29 is 9.53 Å². The molecule has 0 aliphatic rings. The normalized spacial score (nSPS) is 10.5. The molecule has 3 rings (SSSR count). The Morgan fingerprint density at radius 3 is 2.31 bits per heavy atom. The molecule has 0 aliphatic heterocycles. The summed E-state index contributed by atoms with van der Waals surface area (Å²) >= 11 is 0. The van der Waals surface area contributed by atoms with Gasteiger partial charge >= 0.3 is 6.03 Å². The summed E-state index contributed by atoms with van der Waals surface area (Å²) in [5.41, 5.74) is 4.66. The quantitative estimate of drug-likeness (QED) is 0.347. The van der Waals surface area contributed by atoms with Gasteiger partial charge in [-0.3, -0.25) is 0 Å². The van der Waals surface area contributed by atoms with E-state index in [-0.39, 0.29) is 6.03 Å². The van der Waals surface area contributed by atoms with Gasteiger partial charge in [-0.25, -0.2) is 4.79 Å². The van der Waals surface area contributed by atoms with Crippen molar-refractivity contribution in [2.24, 2.45) is 0 Å². The number of hydrogen-bond acceptors (Lipinski definition) is 3. The summed E-state index contributed by atoms with van der Waals surface area (Å²) in [7, 11) is 0. The zero-order valence-corrected chi connectivity index (χ0v) is 18.8. The van der Waals surface area contributed by atoms with E-state index in [1.807, 2.05) is 48.5 Å². The van der Waals surface area contributed by atoms with Crippen LogP contribution in [0, 0.1) is 0 Å². The third-order valence-electron chi connectivity index (χ3n) is 5.14. The maximum Gasteiger partial charge on any atom is 0.319 e. The molecule has 0 bridgehead atoms. The Morgan fingerprint density at radius 1 is 0.812 bits per heavy atom. The van der Waals surface area contributed by atoms with Crippen molar-refractivity contribution in [3.63, 3.8) is 0 Å². The molecule has 0 saturated heterocycles. The molecule has 5 nitrogen and oxygen atoms in total. The van der Waals surface area contributed by atoms with Crippen molar-refractivity contribution in [1.29, 1.82) is 0 Å². The first kappa shape index (κ1) is 23.4. The number of ether oxygens (including phenoxy) is 1. The molecule has 0 fully saturated rings. The predicted octanol–water partition coefficient (Wildman–Crippen LogP) is 5.17. The van der Waals surface area contributed by atoms with Crippen molar-refractivity contribution in [1.82, 2.24) is 10.6 Å². The van der Waals surface area contributed by atoms with Gasteiger partial charge in [0.25, 0.3) is 0 Å². The van der Waals surface area contributed by atoms with Gasteiger partial charge in [-0.05, 0) is 60.3 Å². The van der Waals surface area contributed by atoms with E-state index in [0.717, 1.165) is 43.8 Å². The number of hydrogen-bond donors (Lipinski definition) is 3. The van der Waals surface area contributed by atoms with Crippen LogP contribution in [0.4, 0.5) is 10.5 Å². The number of carbonyl (C=O) groups is 1. The zero-order chi connectivity index (χ0) is 22.4. The lowest BCUT2D eigenvalue weighted by Gasteiger charge is -2.13. The van der Waals surface area contributed by atoms with Crippen LogP contribution in [0.5, 0.6) is 5.75 Å². The molecule has 3 N–H and O–H groups in total. The summed E-state index contributed by atoms with van der Waals surface area (Å²) in [5, 5.41) is 9.09. The fourth-order valence-corrected chi connectivity index (χ4v) is 3.49.